The number of hydrogen-bond acceptors (Lipinski definition) is 2. The van der Waals surface area contributed by atoms with Crippen molar-refractivity contribution in [3.05, 3.63) is 17.5 Å². The zero-order chi connectivity index (χ0) is 12.5. The highest BCUT2D eigenvalue weighted by molar-refractivity contribution is 5.85. The largest absolute Gasteiger partial charge is 0.477 e. The van der Waals surface area contributed by atoms with Gasteiger partial charge in [0.25, 0.3) is 0 Å². The Morgan fingerprint density at radius 3 is 2.38 bits per heavy atom. The van der Waals surface area contributed by atoms with Gasteiger partial charge in [-0.3, -0.25) is 4.68 Å². The molecule has 0 aliphatic carbocycles. The van der Waals surface area contributed by atoms with E-state index in [1.54, 1.807) is 10.7 Å². The van der Waals surface area contributed by atoms with Gasteiger partial charge in [-0.15, -0.1) is 0 Å². The first-order valence-corrected chi connectivity index (χ1v) is 5.54. The van der Waals surface area contributed by atoms with Crippen molar-refractivity contribution in [2.75, 3.05) is 0 Å². The summed E-state index contributed by atoms with van der Waals surface area (Å²) in [5, 5.41) is 13.5. The van der Waals surface area contributed by atoms with Gasteiger partial charge in [-0.2, -0.15) is 5.10 Å². The molecule has 16 heavy (non-hydrogen) atoms. The van der Waals surface area contributed by atoms with Crippen LogP contribution in [0.25, 0.3) is 0 Å². The predicted molar refractivity (Wildman–Crippen MR) is 62.7 cm³/mol. The van der Waals surface area contributed by atoms with Crippen LogP contribution in [-0.4, -0.2) is 20.9 Å². The molecular formula is C12H20N2O2. The highest BCUT2D eigenvalue weighted by atomic mass is 16.4. The van der Waals surface area contributed by atoms with Crippen LogP contribution >= 0.6 is 0 Å². The fourth-order valence-electron chi connectivity index (χ4n) is 1.61. The maximum absolute atomic E-state index is 11.1. The smallest absolute Gasteiger partial charge is 0.354 e. The molecule has 0 aliphatic heterocycles. The monoisotopic (exact) mass is 224 g/mol. The third-order valence-corrected chi connectivity index (χ3v) is 2.23. The van der Waals surface area contributed by atoms with E-state index in [1.165, 1.54) is 0 Å². The molecular weight excluding hydrogens is 204 g/mol. The second-order valence-corrected chi connectivity index (χ2v) is 5.51. The summed E-state index contributed by atoms with van der Waals surface area (Å²) in [6, 6.07) is 1.67. The summed E-state index contributed by atoms with van der Waals surface area (Å²) in [7, 11) is 0. The summed E-state index contributed by atoms with van der Waals surface area (Å²) in [5.74, 6) is -0.442. The molecule has 1 aromatic rings. The minimum absolute atomic E-state index is 0.267. The predicted octanol–water partition coefficient (Wildman–Crippen LogP) is 2.53. The van der Waals surface area contributed by atoms with Gasteiger partial charge in [0.15, 0.2) is 0 Å². The molecule has 0 aliphatic rings. The van der Waals surface area contributed by atoms with Crippen LogP contribution in [0.1, 0.15) is 50.8 Å². The van der Waals surface area contributed by atoms with E-state index < -0.39 is 5.97 Å². The van der Waals surface area contributed by atoms with Gasteiger partial charge in [0, 0.05) is 0 Å². The minimum Gasteiger partial charge on any atom is -0.477 e. The first kappa shape index (κ1) is 12.7. The summed E-state index contributed by atoms with van der Waals surface area (Å²) in [6.45, 7) is 10.0. The number of aromatic carboxylic acids is 1. The molecule has 1 heterocycles. The summed E-state index contributed by atoms with van der Waals surface area (Å²) in [6.07, 6.45) is 0.809. The van der Waals surface area contributed by atoms with E-state index >= 15 is 0 Å². The van der Waals surface area contributed by atoms with Gasteiger partial charge in [-0.1, -0.05) is 13.8 Å². The van der Waals surface area contributed by atoms with Crippen molar-refractivity contribution in [1.29, 1.82) is 0 Å². The van der Waals surface area contributed by atoms with Crippen LogP contribution in [0.3, 0.4) is 0 Å². The summed E-state index contributed by atoms with van der Waals surface area (Å²) in [4.78, 5) is 11.1. The van der Waals surface area contributed by atoms with Gasteiger partial charge < -0.3 is 5.11 Å². The van der Waals surface area contributed by atoms with Crippen LogP contribution in [-0.2, 0) is 12.0 Å². The maximum atomic E-state index is 11.1. The normalized spacial score (nSPS) is 12.1. The van der Waals surface area contributed by atoms with Crippen molar-refractivity contribution in [2.24, 2.45) is 5.92 Å². The van der Waals surface area contributed by atoms with Gasteiger partial charge >= 0.3 is 5.97 Å². The van der Waals surface area contributed by atoms with Crippen LogP contribution in [0, 0.1) is 5.92 Å². The fraction of sp³-hybridized carbons (Fsp3) is 0.667. The topological polar surface area (TPSA) is 55.1 Å². The van der Waals surface area contributed by atoms with Crippen molar-refractivity contribution in [3.63, 3.8) is 0 Å². The van der Waals surface area contributed by atoms with Gasteiger partial charge in [-0.25, -0.2) is 4.79 Å². The van der Waals surface area contributed by atoms with Crippen molar-refractivity contribution >= 4 is 5.97 Å². The lowest BCUT2D eigenvalue weighted by molar-refractivity contribution is 0.0675. The Balaban J connectivity index is 3.16. The zero-order valence-corrected chi connectivity index (χ0v) is 10.6. The first-order valence-electron chi connectivity index (χ1n) is 5.54. The average Bonchev–Trinajstić information content (AvgIpc) is 2.45. The van der Waals surface area contributed by atoms with Gasteiger partial charge in [0.2, 0.25) is 0 Å². The lowest BCUT2D eigenvalue weighted by Crippen LogP contribution is -2.27. The van der Waals surface area contributed by atoms with Gasteiger partial charge in [0.05, 0.1) is 11.2 Å². The highest BCUT2D eigenvalue weighted by Gasteiger charge is 2.23. The summed E-state index contributed by atoms with van der Waals surface area (Å²) < 4.78 is 1.59. The lowest BCUT2D eigenvalue weighted by Gasteiger charge is -2.20. The maximum Gasteiger partial charge on any atom is 0.354 e. The molecule has 90 valence electrons. The molecule has 4 heteroatoms. The first-order chi connectivity index (χ1) is 7.21. The number of rotatable bonds is 3. The van der Waals surface area contributed by atoms with Crippen molar-refractivity contribution < 1.29 is 9.90 Å². The van der Waals surface area contributed by atoms with E-state index in [9.17, 15) is 4.79 Å². The molecule has 0 saturated carbocycles. The van der Waals surface area contributed by atoms with Crippen LogP contribution < -0.4 is 0 Å². The number of nitrogens with zero attached hydrogens (tertiary/aromatic N) is 2. The molecule has 0 saturated heterocycles. The fourth-order valence-corrected chi connectivity index (χ4v) is 1.61. The van der Waals surface area contributed by atoms with E-state index in [4.69, 9.17) is 5.11 Å². The van der Waals surface area contributed by atoms with Crippen LogP contribution in [0.4, 0.5) is 0 Å². The molecule has 1 aromatic heterocycles. The van der Waals surface area contributed by atoms with E-state index in [0.29, 0.717) is 5.92 Å². The van der Waals surface area contributed by atoms with Crippen LogP contribution in [0.2, 0.25) is 0 Å². The zero-order valence-electron chi connectivity index (χ0n) is 10.6. The third-order valence-electron chi connectivity index (χ3n) is 2.23. The Hall–Kier alpha value is -1.32. The Morgan fingerprint density at radius 2 is 2.06 bits per heavy atom. The Labute approximate surface area is 96.3 Å². The van der Waals surface area contributed by atoms with Crippen molar-refractivity contribution in [2.45, 2.75) is 46.6 Å². The second-order valence-electron chi connectivity index (χ2n) is 5.51. The second kappa shape index (κ2) is 4.28. The molecule has 0 atom stereocenters. The lowest BCUT2D eigenvalue weighted by atomic mass is 10.1. The van der Waals surface area contributed by atoms with E-state index in [1.807, 2.05) is 20.8 Å². The van der Waals surface area contributed by atoms with E-state index in [-0.39, 0.29) is 11.2 Å². The minimum atomic E-state index is -0.919. The Bertz CT molecular complexity index is 386. The quantitative estimate of drug-likeness (QED) is 0.858. The third kappa shape index (κ3) is 2.84. The Morgan fingerprint density at radius 1 is 1.50 bits per heavy atom. The van der Waals surface area contributed by atoms with E-state index in [2.05, 4.69) is 18.9 Å². The van der Waals surface area contributed by atoms with Crippen LogP contribution in [0.5, 0.6) is 0 Å². The van der Waals surface area contributed by atoms with E-state index in [0.717, 1.165) is 12.1 Å². The van der Waals surface area contributed by atoms with Crippen molar-refractivity contribution in [3.8, 4) is 0 Å². The molecule has 0 fully saturated rings. The molecule has 0 spiro atoms. The van der Waals surface area contributed by atoms with Gasteiger partial charge in [0.1, 0.15) is 5.69 Å². The molecule has 1 rings (SSSR count). The summed E-state index contributed by atoms with van der Waals surface area (Å²) >= 11 is 0. The molecule has 0 amide bonds. The number of hydrogen-bond donors (Lipinski definition) is 1. The molecule has 0 aromatic carbocycles. The molecule has 0 bridgehead atoms. The number of carbonyl (C=O) groups is 1. The molecule has 0 radical (unpaired) electrons. The average molecular weight is 224 g/mol. The summed E-state index contributed by atoms with van der Waals surface area (Å²) in [5.41, 5.74) is 0.814. The van der Waals surface area contributed by atoms with Crippen molar-refractivity contribution in [1.82, 2.24) is 9.78 Å². The molecule has 0 unspecified atom stereocenters. The standard InChI is InChI=1S/C12H20N2O2/c1-8(2)6-9-7-10(11(15)16)14(13-9)12(3,4)5/h7-8H,6H2,1-5H3,(H,15,16). The molecule has 4 nitrogen and oxygen atoms in total. The number of aromatic nitrogens is 2. The SMILES string of the molecule is CC(C)Cc1cc(C(=O)O)n(C(C)(C)C)n1. The highest BCUT2D eigenvalue weighted by Crippen LogP contribution is 2.19. The molecule has 1 N–H and O–H groups in total. The number of carboxylic acid groups (broad SMARTS) is 1. The Kier molecular flexibility index (Phi) is 3.41. The van der Waals surface area contributed by atoms with Gasteiger partial charge in [-0.05, 0) is 39.2 Å². The van der Waals surface area contributed by atoms with Crippen LogP contribution in [0.15, 0.2) is 6.07 Å². The number of carboxylic acids is 1.